The third-order valence-corrected chi connectivity index (χ3v) is 3.35. The SMILES string of the molecule is CC.CC.CC(=O)[C@@H]1CC2CCCCC2N1. The Hall–Kier alpha value is -0.370. The molecule has 1 saturated carbocycles. The van der Waals surface area contributed by atoms with Crippen LogP contribution in [-0.2, 0) is 4.79 Å². The van der Waals surface area contributed by atoms with Crippen LogP contribution < -0.4 is 5.32 Å². The number of ketones is 1. The number of fused-ring (bicyclic) bond motifs is 1. The molecule has 0 bridgehead atoms. The van der Waals surface area contributed by atoms with E-state index < -0.39 is 0 Å². The highest BCUT2D eigenvalue weighted by Gasteiger charge is 2.36. The topological polar surface area (TPSA) is 29.1 Å². The van der Waals surface area contributed by atoms with Gasteiger partial charge < -0.3 is 5.32 Å². The number of carbonyl (C=O) groups is 1. The fourth-order valence-electron chi connectivity index (χ4n) is 2.62. The Kier molecular flexibility index (Phi) is 8.54. The first kappa shape index (κ1) is 15.6. The van der Waals surface area contributed by atoms with Crippen LogP contribution in [0.1, 0.15) is 66.7 Å². The summed E-state index contributed by atoms with van der Waals surface area (Å²) in [7, 11) is 0. The fraction of sp³-hybridized carbons (Fsp3) is 0.929. The molecule has 2 nitrogen and oxygen atoms in total. The van der Waals surface area contributed by atoms with E-state index >= 15 is 0 Å². The Labute approximate surface area is 101 Å². The van der Waals surface area contributed by atoms with Crippen molar-refractivity contribution in [1.29, 1.82) is 0 Å². The van der Waals surface area contributed by atoms with Crippen LogP contribution in [-0.4, -0.2) is 17.9 Å². The molecular weight excluding hydrogens is 198 g/mol. The van der Waals surface area contributed by atoms with Crippen LogP contribution in [0.3, 0.4) is 0 Å². The summed E-state index contributed by atoms with van der Waals surface area (Å²) in [4.78, 5) is 11.1. The van der Waals surface area contributed by atoms with E-state index in [9.17, 15) is 4.79 Å². The normalized spacial score (nSPS) is 31.4. The molecule has 2 unspecified atom stereocenters. The minimum Gasteiger partial charge on any atom is -0.304 e. The summed E-state index contributed by atoms with van der Waals surface area (Å²) in [5.74, 6) is 1.12. The molecule has 96 valence electrons. The molecular formula is C14H29NO. The van der Waals surface area contributed by atoms with Crippen LogP contribution in [0.4, 0.5) is 0 Å². The average Bonchev–Trinajstić information content (AvgIpc) is 2.78. The number of nitrogens with one attached hydrogen (secondary N) is 1. The van der Waals surface area contributed by atoms with E-state index in [1.807, 2.05) is 27.7 Å². The Morgan fingerprint density at radius 1 is 1.06 bits per heavy atom. The number of hydrogen-bond acceptors (Lipinski definition) is 2. The monoisotopic (exact) mass is 227 g/mol. The number of Topliss-reactive ketones (excluding diaryl/α,β-unsaturated/α-hetero) is 1. The van der Waals surface area contributed by atoms with Gasteiger partial charge in [-0.05, 0) is 32.1 Å². The van der Waals surface area contributed by atoms with E-state index in [-0.39, 0.29) is 6.04 Å². The highest BCUT2D eigenvalue weighted by atomic mass is 16.1. The van der Waals surface area contributed by atoms with Crippen molar-refractivity contribution in [1.82, 2.24) is 5.32 Å². The molecule has 1 saturated heterocycles. The van der Waals surface area contributed by atoms with Gasteiger partial charge in [-0.2, -0.15) is 0 Å². The number of carbonyl (C=O) groups excluding carboxylic acids is 1. The van der Waals surface area contributed by atoms with Gasteiger partial charge in [-0.25, -0.2) is 0 Å². The van der Waals surface area contributed by atoms with E-state index in [4.69, 9.17) is 0 Å². The first-order chi connectivity index (χ1) is 7.77. The van der Waals surface area contributed by atoms with Gasteiger partial charge >= 0.3 is 0 Å². The summed E-state index contributed by atoms with van der Waals surface area (Å²) >= 11 is 0. The van der Waals surface area contributed by atoms with Gasteiger partial charge in [0, 0.05) is 6.04 Å². The van der Waals surface area contributed by atoms with Gasteiger partial charge in [0.1, 0.15) is 5.78 Å². The molecule has 1 N–H and O–H groups in total. The molecule has 0 aromatic rings. The average molecular weight is 227 g/mol. The maximum Gasteiger partial charge on any atom is 0.146 e. The molecule has 16 heavy (non-hydrogen) atoms. The van der Waals surface area contributed by atoms with Crippen LogP contribution in [0.5, 0.6) is 0 Å². The minimum absolute atomic E-state index is 0.179. The van der Waals surface area contributed by atoms with Crippen molar-refractivity contribution in [3.05, 3.63) is 0 Å². The van der Waals surface area contributed by atoms with Crippen LogP contribution in [0, 0.1) is 5.92 Å². The molecule has 2 fully saturated rings. The van der Waals surface area contributed by atoms with E-state index in [1.54, 1.807) is 6.92 Å². The zero-order valence-corrected chi connectivity index (χ0v) is 11.7. The van der Waals surface area contributed by atoms with Crippen molar-refractivity contribution in [2.45, 2.75) is 78.8 Å². The Morgan fingerprint density at radius 3 is 2.12 bits per heavy atom. The summed E-state index contributed by atoms with van der Waals surface area (Å²) in [5, 5.41) is 3.44. The van der Waals surface area contributed by atoms with Crippen LogP contribution in [0.25, 0.3) is 0 Å². The molecule has 0 aromatic heterocycles. The van der Waals surface area contributed by atoms with Crippen molar-refractivity contribution in [2.24, 2.45) is 5.92 Å². The molecule has 0 amide bonds. The molecule has 0 aromatic carbocycles. The largest absolute Gasteiger partial charge is 0.304 e. The first-order valence-corrected chi connectivity index (χ1v) is 7.04. The molecule has 3 atom stereocenters. The Balaban J connectivity index is 0.000000509. The third-order valence-electron chi connectivity index (χ3n) is 3.35. The predicted octanol–water partition coefficient (Wildman–Crippen LogP) is 3.55. The standard InChI is InChI=1S/C10H17NO.2C2H6/c1-7(12)10-6-8-4-2-3-5-9(8)11-10;2*1-2/h8-11H,2-6H2,1H3;2*1-2H3/t8?,9?,10-;;/m0../s1. The summed E-state index contributed by atoms with van der Waals surface area (Å²) in [6, 6.07) is 0.839. The Morgan fingerprint density at radius 2 is 1.62 bits per heavy atom. The minimum atomic E-state index is 0.179. The van der Waals surface area contributed by atoms with Crippen molar-refractivity contribution in [2.75, 3.05) is 0 Å². The van der Waals surface area contributed by atoms with Gasteiger partial charge in [0.15, 0.2) is 0 Å². The summed E-state index contributed by atoms with van der Waals surface area (Å²) in [6.07, 6.45) is 6.43. The van der Waals surface area contributed by atoms with Crippen molar-refractivity contribution >= 4 is 5.78 Å². The second kappa shape index (κ2) is 8.74. The van der Waals surface area contributed by atoms with Crippen molar-refractivity contribution in [3.63, 3.8) is 0 Å². The van der Waals surface area contributed by atoms with Gasteiger partial charge in [0.2, 0.25) is 0 Å². The molecule has 0 spiro atoms. The van der Waals surface area contributed by atoms with Crippen molar-refractivity contribution in [3.8, 4) is 0 Å². The second-order valence-corrected chi connectivity index (χ2v) is 4.22. The quantitative estimate of drug-likeness (QED) is 0.742. The number of rotatable bonds is 1. The number of hydrogen-bond donors (Lipinski definition) is 1. The maximum absolute atomic E-state index is 11.1. The van der Waals surface area contributed by atoms with E-state index in [1.165, 1.54) is 25.7 Å². The lowest BCUT2D eigenvalue weighted by Crippen LogP contribution is -2.36. The lowest BCUT2D eigenvalue weighted by molar-refractivity contribution is -0.118. The molecule has 1 aliphatic heterocycles. The smallest absolute Gasteiger partial charge is 0.146 e. The first-order valence-electron chi connectivity index (χ1n) is 7.04. The molecule has 2 aliphatic rings. The van der Waals surface area contributed by atoms with Gasteiger partial charge in [-0.3, -0.25) is 4.79 Å². The predicted molar refractivity (Wildman–Crippen MR) is 70.7 cm³/mol. The van der Waals surface area contributed by atoms with E-state index in [0.717, 1.165) is 12.3 Å². The third kappa shape index (κ3) is 4.25. The molecule has 2 heteroatoms. The van der Waals surface area contributed by atoms with Gasteiger partial charge in [0.05, 0.1) is 6.04 Å². The molecule has 0 radical (unpaired) electrons. The zero-order chi connectivity index (χ0) is 12.6. The zero-order valence-electron chi connectivity index (χ0n) is 11.7. The van der Waals surface area contributed by atoms with Crippen LogP contribution in [0.15, 0.2) is 0 Å². The van der Waals surface area contributed by atoms with E-state index in [2.05, 4.69) is 5.32 Å². The Bertz CT molecular complexity index is 177. The second-order valence-electron chi connectivity index (χ2n) is 4.22. The summed E-state index contributed by atoms with van der Waals surface area (Å²) < 4.78 is 0. The fourth-order valence-corrected chi connectivity index (χ4v) is 2.62. The molecule has 1 aliphatic carbocycles. The highest BCUT2D eigenvalue weighted by Crippen LogP contribution is 2.33. The molecule has 1 heterocycles. The summed E-state index contributed by atoms with van der Waals surface area (Å²) in [6.45, 7) is 9.70. The van der Waals surface area contributed by atoms with Gasteiger partial charge in [-0.1, -0.05) is 40.5 Å². The van der Waals surface area contributed by atoms with Gasteiger partial charge in [-0.15, -0.1) is 0 Å². The van der Waals surface area contributed by atoms with Crippen LogP contribution in [0.2, 0.25) is 0 Å². The highest BCUT2D eigenvalue weighted by molar-refractivity contribution is 5.81. The van der Waals surface area contributed by atoms with E-state index in [0.29, 0.717) is 11.8 Å². The van der Waals surface area contributed by atoms with Crippen LogP contribution >= 0.6 is 0 Å². The summed E-state index contributed by atoms with van der Waals surface area (Å²) in [5.41, 5.74) is 0. The lowest BCUT2D eigenvalue weighted by Gasteiger charge is -2.24. The van der Waals surface area contributed by atoms with Gasteiger partial charge in [0.25, 0.3) is 0 Å². The molecule has 2 rings (SSSR count). The lowest BCUT2D eigenvalue weighted by atomic mass is 9.85. The maximum atomic E-state index is 11.1. The van der Waals surface area contributed by atoms with Crippen molar-refractivity contribution < 1.29 is 4.79 Å².